The number of phenolic OH excluding ortho intramolecular Hbond substituents is 1. The molecule has 0 saturated heterocycles. The molecule has 0 fully saturated rings. The van der Waals surface area contributed by atoms with Crippen LogP contribution in [0.1, 0.15) is 11.1 Å². The highest BCUT2D eigenvalue weighted by Crippen LogP contribution is 2.39. The number of carbonyl (C=O) groups is 1. The third kappa shape index (κ3) is 3.42. The van der Waals surface area contributed by atoms with Gasteiger partial charge in [-0.05, 0) is 47.5 Å². The maximum Gasteiger partial charge on any atom is 0.263 e. The Morgan fingerprint density at radius 1 is 0.893 bits per heavy atom. The lowest BCUT2D eigenvalue weighted by molar-refractivity contribution is -0.113. The molecule has 0 bridgehead atoms. The summed E-state index contributed by atoms with van der Waals surface area (Å²) in [6.07, 6.45) is 3.53. The fourth-order valence-electron chi connectivity index (χ4n) is 3.12. The highest BCUT2D eigenvalue weighted by molar-refractivity contribution is 6.35. The zero-order valence-electron chi connectivity index (χ0n) is 14.6. The number of halogens is 2. The van der Waals surface area contributed by atoms with Gasteiger partial charge in [0.1, 0.15) is 5.75 Å². The van der Waals surface area contributed by atoms with Crippen LogP contribution in [0.3, 0.4) is 0 Å². The molecule has 3 nitrogen and oxygen atoms in total. The monoisotopic (exact) mass is 407 g/mol. The van der Waals surface area contributed by atoms with Crippen molar-refractivity contribution in [1.82, 2.24) is 0 Å². The lowest BCUT2D eigenvalue weighted by Crippen LogP contribution is -2.25. The van der Waals surface area contributed by atoms with Gasteiger partial charge in [0.15, 0.2) is 0 Å². The van der Waals surface area contributed by atoms with Crippen molar-refractivity contribution in [2.24, 2.45) is 0 Å². The van der Waals surface area contributed by atoms with Gasteiger partial charge in [-0.25, -0.2) is 0 Å². The molecule has 1 aliphatic heterocycles. The average Bonchev–Trinajstić information content (AvgIpc) is 3.01. The minimum Gasteiger partial charge on any atom is -0.506 e. The summed E-state index contributed by atoms with van der Waals surface area (Å²) >= 11 is 12.2. The zero-order valence-corrected chi connectivity index (χ0v) is 16.2. The van der Waals surface area contributed by atoms with Crippen LogP contribution in [0, 0.1) is 0 Å². The number of phenols is 1. The second-order valence-corrected chi connectivity index (χ2v) is 7.13. The number of aromatic hydroxyl groups is 1. The first-order valence-electron chi connectivity index (χ1n) is 8.61. The Balaban J connectivity index is 1.86. The van der Waals surface area contributed by atoms with Gasteiger partial charge >= 0.3 is 0 Å². The maximum absolute atomic E-state index is 13.2. The normalized spacial score (nSPS) is 15.2. The van der Waals surface area contributed by atoms with Crippen molar-refractivity contribution in [1.29, 1.82) is 0 Å². The van der Waals surface area contributed by atoms with Crippen molar-refractivity contribution < 1.29 is 9.90 Å². The molecule has 28 heavy (non-hydrogen) atoms. The number of amides is 1. The van der Waals surface area contributed by atoms with Crippen LogP contribution in [0.25, 0.3) is 11.8 Å². The molecule has 1 amide bonds. The maximum atomic E-state index is 13.2. The van der Waals surface area contributed by atoms with Gasteiger partial charge in [0, 0.05) is 15.6 Å². The highest BCUT2D eigenvalue weighted by atomic mass is 35.5. The van der Waals surface area contributed by atoms with E-state index in [-0.39, 0.29) is 11.7 Å². The van der Waals surface area contributed by atoms with E-state index < -0.39 is 0 Å². The van der Waals surface area contributed by atoms with E-state index in [1.54, 1.807) is 54.6 Å². The standard InChI is InChI=1S/C23H15Cl2NO2/c24-18-11-10-16(19(25)14-18)12-17-13-21(15-6-2-1-3-7-15)26(23(17)28)20-8-4-5-9-22(20)27/h1-14,27H/b17-12+. The van der Waals surface area contributed by atoms with E-state index in [2.05, 4.69) is 0 Å². The van der Waals surface area contributed by atoms with Crippen molar-refractivity contribution in [3.05, 3.63) is 106 Å². The fraction of sp³-hybridized carbons (Fsp3) is 0. The van der Waals surface area contributed by atoms with Crippen LogP contribution in [0.2, 0.25) is 10.0 Å². The molecule has 0 spiro atoms. The van der Waals surface area contributed by atoms with Crippen LogP contribution in [-0.2, 0) is 4.79 Å². The van der Waals surface area contributed by atoms with Crippen LogP contribution in [0.15, 0.2) is 84.4 Å². The highest BCUT2D eigenvalue weighted by Gasteiger charge is 2.31. The van der Waals surface area contributed by atoms with E-state index in [0.717, 1.165) is 5.56 Å². The summed E-state index contributed by atoms with van der Waals surface area (Å²) in [6, 6.07) is 21.5. The Morgan fingerprint density at radius 3 is 2.32 bits per heavy atom. The molecule has 1 N–H and O–H groups in total. The number of anilines is 1. The number of hydrogen-bond donors (Lipinski definition) is 1. The summed E-state index contributed by atoms with van der Waals surface area (Å²) in [5, 5.41) is 11.3. The molecule has 3 aromatic carbocycles. The van der Waals surface area contributed by atoms with Crippen LogP contribution in [-0.4, -0.2) is 11.0 Å². The van der Waals surface area contributed by atoms with Gasteiger partial charge in [0.25, 0.3) is 5.91 Å². The third-order valence-electron chi connectivity index (χ3n) is 4.45. The van der Waals surface area contributed by atoms with Crippen LogP contribution >= 0.6 is 23.2 Å². The number of nitrogens with zero attached hydrogens (tertiary/aromatic N) is 1. The van der Waals surface area contributed by atoms with Gasteiger partial charge in [0.05, 0.1) is 11.4 Å². The molecule has 138 valence electrons. The second kappa shape index (κ2) is 7.55. The summed E-state index contributed by atoms with van der Waals surface area (Å²) in [5.41, 5.74) is 3.13. The first-order chi connectivity index (χ1) is 13.5. The SMILES string of the molecule is O=C1/C(=C/c2ccc(Cl)cc2Cl)C=C(c2ccccc2)N1c1ccccc1O. The molecule has 5 heteroatoms. The molecular formula is C23H15Cl2NO2. The summed E-state index contributed by atoms with van der Waals surface area (Å²) < 4.78 is 0. The number of para-hydroxylation sites is 2. The van der Waals surface area contributed by atoms with Gasteiger partial charge in [-0.1, -0.05) is 71.7 Å². The van der Waals surface area contributed by atoms with Gasteiger partial charge in [0.2, 0.25) is 0 Å². The lowest BCUT2D eigenvalue weighted by Gasteiger charge is -2.21. The van der Waals surface area contributed by atoms with E-state index >= 15 is 0 Å². The Morgan fingerprint density at radius 2 is 1.61 bits per heavy atom. The molecular weight excluding hydrogens is 393 g/mol. The summed E-state index contributed by atoms with van der Waals surface area (Å²) in [6.45, 7) is 0. The largest absolute Gasteiger partial charge is 0.506 e. The minimum absolute atomic E-state index is 0.0310. The lowest BCUT2D eigenvalue weighted by atomic mass is 10.1. The average molecular weight is 408 g/mol. The molecule has 4 rings (SSSR count). The molecule has 0 saturated carbocycles. The van der Waals surface area contributed by atoms with Crippen LogP contribution < -0.4 is 4.90 Å². The van der Waals surface area contributed by atoms with E-state index in [4.69, 9.17) is 23.2 Å². The van der Waals surface area contributed by atoms with Crippen molar-refractivity contribution in [3.8, 4) is 5.75 Å². The van der Waals surface area contributed by atoms with Crippen molar-refractivity contribution in [2.45, 2.75) is 0 Å². The first-order valence-corrected chi connectivity index (χ1v) is 9.36. The fourth-order valence-corrected chi connectivity index (χ4v) is 3.58. The zero-order chi connectivity index (χ0) is 19.7. The summed E-state index contributed by atoms with van der Waals surface area (Å²) in [7, 11) is 0. The summed E-state index contributed by atoms with van der Waals surface area (Å²) in [4.78, 5) is 14.8. The molecule has 0 aromatic heterocycles. The number of hydrogen-bond acceptors (Lipinski definition) is 2. The quantitative estimate of drug-likeness (QED) is 0.527. The number of benzene rings is 3. The van der Waals surface area contributed by atoms with Crippen molar-refractivity contribution >= 4 is 46.6 Å². The molecule has 3 aromatic rings. The van der Waals surface area contributed by atoms with E-state index in [0.29, 0.717) is 32.6 Å². The molecule has 0 atom stereocenters. The topological polar surface area (TPSA) is 40.5 Å². The van der Waals surface area contributed by atoms with Gasteiger partial charge in [-0.2, -0.15) is 0 Å². The van der Waals surface area contributed by atoms with Crippen LogP contribution in [0.4, 0.5) is 5.69 Å². The van der Waals surface area contributed by atoms with Gasteiger partial charge < -0.3 is 5.11 Å². The molecule has 0 unspecified atom stereocenters. The van der Waals surface area contributed by atoms with Crippen molar-refractivity contribution in [3.63, 3.8) is 0 Å². The van der Waals surface area contributed by atoms with Gasteiger partial charge in [-0.15, -0.1) is 0 Å². The Hall–Kier alpha value is -3.01. The van der Waals surface area contributed by atoms with E-state index in [9.17, 15) is 9.90 Å². The van der Waals surface area contributed by atoms with Gasteiger partial charge in [-0.3, -0.25) is 9.69 Å². The number of rotatable bonds is 3. The van der Waals surface area contributed by atoms with Crippen LogP contribution in [0.5, 0.6) is 5.75 Å². The molecule has 1 aliphatic rings. The Labute approximate surface area is 172 Å². The molecule has 0 radical (unpaired) electrons. The Bertz CT molecular complexity index is 1120. The van der Waals surface area contributed by atoms with E-state index in [1.807, 2.05) is 30.3 Å². The molecule has 1 heterocycles. The summed E-state index contributed by atoms with van der Waals surface area (Å²) in [5.74, 6) is -0.213. The third-order valence-corrected chi connectivity index (χ3v) is 5.01. The minimum atomic E-state index is -0.244. The number of carbonyl (C=O) groups excluding carboxylic acids is 1. The first kappa shape index (κ1) is 18.4. The second-order valence-electron chi connectivity index (χ2n) is 6.29. The molecule has 0 aliphatic carbocycles. The predicted molar refractivity (Wildman–Crippen MR) is 114 cm³/mol. The van der Waals surface area contributed by atoms with Crippen molar-refractivity contribution in [2.75, 3.05) is 4.90 Å². The predicted octanol–water partition coefficient (Wildman–Crippen LogP) is 6.17. The smallest absolute Gasteiger partial charge is 0.263 e. The van der Waals surface area contributed by atoms with E-state index in [1.165, 1.54) is 4.90 Å². The Kier molecular flexibility index (Phi) is 4.95.